The van der Waals surface area contributed by atoms with Crippen LogP contribution in [0.1, 0.15) is 43.5 Å². The Bertz CT molecular complexity index is 562. The van der Waals surface area contributed by atoms with Crippen molar-refractivity contribution in [2.45, 2.75) is 39.2 Å². The summed E-state index contributed by atoms with van der Waals surface area (Å²) in [5.74, 6) is 0.771. The molecule has 0 saturated heterocycles. The van der Waals surface area contributed by atoms with Crippen LogP contribution in [0, 0.1) is 22.0 Å². The Kier molecular flexibility index (Phi) is 4.83. The lowest BCUT2D eigenvalue weighted by Gasteiger charge is -2.32. The minimum Gasteiger partial charge on any atom is -0.349 e. The average Bonchev–Trinajstić information content (AvgIpc) is 2.42. The highest BCUT2D eigenvalue weighted by Crippen LogP contribution is 2.30. The largest absolute Gasteiger partial charge is 0.349 e. The number of carbonyl (C=O) groups excluding carboxylic acids is 1. The second kappa shape index (κ2) is 6.43. The molecule has 1 aliphatic carbocycles. The van der Waals surface area contributed by atoms with Crippen LogP contribution in [0.3, 0.4) is 0 Å². The summed E-state index contributed by atoms with van der Waals surface area (Å²) in [4.78, 5) is 22.8. The third-order valence-corrected chi connectivity index (χ3v) is 4.57. The SMILES string of the molecule is CC1CCC(NC(=O)c2cc(Cl)ccc2[N+](=O)[O-])CC1C. The summed E-state index contributed by atoms with van der Waals surface area (Å²) in [6, 6.07) is 4.11. The molecule has 0 heterocycles. The van der Waals surface area contributed by atoms with E-state index in [1.165, 1.54) is 18.2 Å². The van der Waals surface area contributed by atoms with E-state index in [2.05, 4.69) is 19.2 Å². The van der Waals surface area contributed by atoms with Gasteiger partial charge in [0.15, 0.2) is 0 Å². The molecule has 1 aromatic rings. The number of nitrogens with one attached hydrogen (secondary N) is 1. The standard InChI is InChI=1S/C15H19ClN2O3/c1-9-3-5-12(7-10(9)2)17-15(19)13-8-11(16)4-6-14(13)18(20)21/h4,6,8-10,12H,3,5,7H2,1-2H3,(H,17,19). The van der Waals surface area contributed by atoms with Gasteiger partial charge in [-0.25, -0.2) is 0 Å². The van der Waals surface area contributed by atoms with Gasteiger partial charge in [0.2, 0.25) is 0 Å². The lowest BCUT2D eigenvalue weighted by Crippen LogP contribution is -2.40. The zero-order valence-corrected chi connectivity index (χ0v) is 12.9. The maximum absolute atomic E-state index is 12.3. The maximum atomic E-state index is 12.3. The molecule has 5 nitrogen and oxygen atoms in total. The summed E-state index contributed by atoms with van der Waals surface area (Å²) >= 11 is 5.85. The van der Waals surface area contributed by atoms with Crippen molar-refractivity contribution in [3.05, 3.63) is 38.9 Å². The van der Waals surface area contributed by atoms with Gasteiger partial charge in [-0.3, -0.25) is 14.9 Å². The quantitative estimate of drug-likeness (QED) is 0.681. The topological polar surface area (TPSA) is 72.2 Å². The number of halogens is 1. The normalized spacial score (nSPS) is 25.4. The molecule has 3 atom stereocenters. The van der Waals surface area contributed by atoms with E-state index in [0.717, 1.165) is 19.3 Å². The third-order valence-electron chi connectivity index (χ3n) is 4.33. The minimum atomic E-state index is -0.559. The zero-order valence-electron chi connectivity index (χ0n) is 12.1. The van der Waals surface area contributed by atoms with Crippen LogP contribution < -0.4 is 5.32 Å². The summed E-state index contributed by atoms with van der Waals surface area (Å²) in [5, 5.41) is 14.2. The Hall–Kier alpha value is -1.62. The van der Waals surface area contributed by atoms with Gasteiger partial charge in [0.25, 0.3) is 11.6 Å². The monoisotopic (exact) mass is 310 g/mol. The van der Waals surface area contributed by atoms with Crippen molar-refractivity contribution in [1.29, 1.82) is 0 Å². The van der Waals surface area contributed by atoms with Crippen molar-refractivity contribution in [2.24, 2.45) is 11.8 Å². The van der Waals surface area contributed by atoms with Gasteiger partial charge in [-0.15, -0.1) is 0 Å². The van der Waals surface area contributed by atoms with Gasteiger partial charge in [-0.2, -0.15) is 0 Å². The van der Waals surface area contributed by atoms with Gasteiger partial charge >= 0.3 is 0 Å². The summed E-state index contributed by atoms with van der Waals surface area (Å²) in [6.07, 6.45) is 2.87. The molecular weight excluding hydrogens is 292 g/mol. The number of nitrogens with zero attached hydrogens (tertiary/aromatic N) is 1. The number of carbonyl (C=O) groups is 1. The smallest absolute Gasteiger partial charge is 0.282 e. The minimum absolute atomic E-state index is 0.0266. The Labute approximate surface area is 128 Å². The second-order valence-electron chi connectivity index (χ2n) is 5.86. The molecule has 1 aliphatic rings. The van der Waals surface area contributed by atoms with E-state index < -0.39 is 10.8 Å². The molecule has 6 heteroatoms. The van der Waals surface area contributed by atoms with Crippen molar-refractivity contribution in [2.75, 3.05) is 0 Å². The molecule has 114 valence electrons. The molecule has 1 fully saturated rings. The molecule has 0 radical (unpaired) electrons. The van der Waals surface area contributed by atoms with Gasteiger partial charge in [0.1, 0.15) is 5.56 Å². The maximum Gasteiger partial charge on any atom is 0.282 e. The predicted octanol–water partition coefficient (Wildman–Crippen LogP) is 3.80. The number of amides is 1. The first-order valence-corrected chi connectivity index (χ1v) is 7.51. The zero-order chi connectivity index (χ0) is 15.6. The summed E-state index contributed by atoms with van der Waals surface area (Å²) in [6.45, 7) is 4.38. The summed E-state index contributed by atoms with van der Waals surface area (Å²) in [7, 11) is 0. The van der Waals surface area contributed by atoms with Crippen LogP contribution in [-0.2, 0) is 0 Å². The first kappa shape index (κ1) is 15.8. The van der Waals surface area contributed by atoms with Crippen LogP contribution in [0.4, 0.5) is 5.69 Å². The van der Waals surface area contributed by atoms with Gasteiger partial charge in [0.05, 0.1) is 4.92 Å². The molecule has 1 N–H and O–H groups in total. The fourth-order valence-electron chi connectivity index (χ4n) is 2.79. The van der Waals surface area contributed by atoms with Crippen LogP contribution in [0.5, 0.6) is 0 Å². The highest BCUT2D eigenvalue weighted by atomic mass is 35.5. The number of benzene rings is 1. The van der Waals surface area contributed by atoms with E-state index in [1.807, 2.05) is 0 Å². The van der Waals surface area contributed by atoms with Crippen molar-refractivity contribution in [3.8, 4) is 0 Å². The molecule has 0 aliphatic heterocycles. The lowest BCUT2D eigenvalue weighted by atomic mass is 9.79. The number of hydrogen-bond acceptors (Lipinski definition) is 3. The van der Waals surface area contributed by atoms with Crippen molar-refractivity contribution >= 4 is 23.2 Å². The second-order valence-corrected chi connectivity index (χ2v) is 6.29. The molecule has 2 rings (SSSR count). The molecule has 0 aromatic heterocycles. The van der Waals surface area contributed by atoms with E-state index in [1.54, 1.807) is 0 Å². The van der Waals surface area contributed by atoms with Gasteiger partial charge in [-0.05, 0) is 43.2 Å². The first-order valence-electron chi connectivity index (χ1n) is 7.13. The van der Waals surface area contributed by atoms with E-state index in [0.29, 0.717) is 16.9 Å². The first-order chi connectivity index (χ1) is 9.88. The van der Waals surface area contributed by atoms with Crippen LogP contribution >= 0.6 is 11.6 Å². The van der Waals surface area contributed by atoms with Gasteiger partial charge in [-0.1, -0.05) is 25.4 Å². The Morgan fingerprint density at radius 3 is 2.67 bits per heavy atom. The van der Waals surface area contributed by atoms with Gasteiger partial charge in [0, 0.05) is 17.1 Å². The van der Waals surface area contributed by atoms with E-state index in [9.17, 15) is 14.9 Å². The number of nitro benzene ring substituents is 1. The van der Waals surface area contributed by atoms with Crippen molar-refractivity contribution in [3.63, 3.8) is 0 Å². The van der Waals surface area contributed by atoms with Gasteiger partial charge < -0.3 is 5.32 Å². The molecule has 1 amide bonds. The number of hydrogen-bond donors (Lipinski definition) is 1. The molecule has 3 unspecified atom stereocenters. The van der Waals surface area contributed by atoms with Crippen LogP contribution in [0.2, 0.25) is 5.02 Å². The van der Waals surface area contributed by atoms with Crippen molar-refractivity contribution in [1.82, 2.24) is 5.32 Å². The highest BCUT2D eigenvalue weighted by molar-refractivity contribution is 6.31. The Morgan fingerprint density at radius 2 is 2.05 bits per heavy atom. The van der Waals surface area contributed by atoms with Crippen molar-refractivity contribution < 1.29 is 9.72 Å². The van der Waals surface area contributed by atoms with E-state index >= 15 is 0 Å². The average molecular weight is 311 g/mol. The molecule has 0 bridgehead atoms. The lowest BCUT2D eigenvalue weighted by molar-refractivity contribution is -0.385. The van der Waals surface area contributed by atoms with Crippen LogP contribution in [0.25, 0.3) is 0 Å². The molecule has 0 spiro atoms. The fourth-order valence-corrected chi connectivity index (χ4v) is 2.96. The van der Waals surface area contributed by atoms with Crippen LogP contribution in [0.15, 0.2) is 18.2 Å². The third kappa shape index (κ3) is 3.73. The van der Waals surface area contributed by atoms with Crippen LogP contribution in [-0.4, -0.2) is 16.9 Å². The molecule has 1 saturated carbocycles. The predicted molar refractivity (Wildman–Crippen MR) is 81.5 cm³/mol. The summed E-state index contributed by atoms with van der Waals surface area (Å²) < 4.78 is 0. The molecule has 21 heavy (non-hydrogen) atoms. The Balaban J connectivity index is 2.13. The van der Waals surface area contributed by atoms with E-state index in [-0.39, 0.29) is 17.3 Å². The molecular formula is C15H19ClN2O3. The van der Waals surface area contributed by atoms with E-state index in [4.69, 9.17) is 11.6 Å². The number of rotatable bonds is 3. The number of nitro groups is 1. The highest BCUT2D eigenvalue weighted by Gasteiger charge is 2.28. The fraction of sp³-hybridized carbons (Fsp3) is 0.533. The molecule has 1 aromatic carbocycles. The Morgan fingerprint density at radius 1 is 1.33 bits per heavy atom. The summed E-state index contributed by atoms with van der Waals surface area (Å²) in [5.41, 5.74) is -0.187.